The van der Waals surface area contributed by atoms with Gasteiger partial charge in [0, 0.05) is 36.3 Å². The average Bonchev–Trinajstić information content (AvgIpc) is 2.66. The van der Waals surface area contributed by atoms with Gasteiger partial charge in [0.2, 0.25) is 0 Å². The van der Waals surface area contributed by atoms with Gasteiger partial charge in [-0.1, -0.05) is 23.2 Å². The molecule has 0 fully saturated rings. The largest absolute Gasteiger partial charge is 0.352 e. The van der Waals surface area contributed by atoms with Gasteiger partial charge in [-0.2, -0.15) is 0 Å². The monoisotopic (exact) mass is 440 g/mol. The van der Waals surface area contributed by atoms with Crippen molar-refractivity contribution >= 4 is 46.4 Å². The molecule has 0 aliphatic rings. The molecule has 152 valence electrons. The first kappa shape index (κ1) is 22.1. The number of nitro benzene ring substituents is 2. The zero-order valence-corrected chi connectivity index (χ0v) is 16.2. The summed E-state index contributed by atoms with van der Waals surface area (Å²) in [5, 5.41) is 26.4. The molecule has 0 unspecified atom stereocenters. The smallest absolute Gasteiger partial charge is 0.287 e. The van der Waals surface area contributed by atoms with Crippen molar-refractivity contribution in [2.45, 2.75) is 6.42 Å². The van der Waals surface area contributed by atoms with Crippen molar-refractivity contribution in [3.8, 4) is 0 Å². The molecule has 0 atom stereocenters. The minimum Gasteiger partial charge on any atom is -0.352 e. The highest BCUT2D eigenvalue weighted by molar-refractivity contribution is 6.33. The third-order valence-corrected chi connectivity index (χ3v) is 4.34. The number of halogens is 2. The second-order valence-electron chi connectivity index (χ2n) is 5.71. The van der Waals surface area contributed by atoms with Gasteiger partial charge in [-0.3, -0.25) is 29.8 Å². The topological polar surface area (TPSA) is 144 Å². The van der Waals surface area contributed by atoms with Crippen molar-refractivity contribution in [2.24, 2.45) is 0 Å². The van der Waals surface area contributed by atoms with E-state index in [9.17, 15) is 29.8 Å². The fraction of sp³-hybridized carbons (Fsp3) is 0.176. The summed E-state index contributed by atoms with van der Waals surface area (Å²) in [7, 11) is 0. The Bertz CT molecular complexity index is 905. The van der Waals surface area contributed by atoms with Crippen LogP contribution >= 0.6 is 23.2 Å². The maximum Gasteiger partial charge on any atom is 0.287 e. The Labute approximate surface area is 174 Å². The van der Waals surface area contributed by atoms with Gasteiger partial charge in [-0.05, 0) is 30.7 Å². The number of benzene rings is 2. The summed E-state index contributed by atoms with van der Waals surface area (Å²) in [4.78, 5) is 44.2. The first-order chi connectivity index (χ1) is 13.7. The number of carbonyl (C=O) groups is 2. The maximum absolute atomic E-state index is 12.0. The van der Waals surface area contributed by atoms with E-state index in [0.717, 1.165) is 12.1 Å². The lowest BCUT2D eigenvalue weighted by atomic mass is 10.2. The van der Waals surface area contributed by atoms with E-state index in [2.05, 4.69) is 10.6 Å². The summed E-state index contributed by atoms with van der Waals surface area (Å²) in [6.45, 7) is 0.462. The predicted molar refractivity (Wildman–Crippen MR) is 105 cm³/mol. The second-order valence-corrected chi connectivity index (χ2v) is 6.53. The molecule has 2 rings (SSSR count). The van der Waals surface area contributed by atoms with E-state index >= 15 is 0 Å². The third kappa shape index (κ3) is 5.87. The fourth-order valence-corrected chi connectivity index (χ4v) is 2.79. The van der Waals surface area contributed by atoms with Crippen LogP contribution in [-0.4, -0.2) is 34.8 Å². The molecule has 0 aliphatic heterocycles. The molecule has 0 bridgehead atoms. The minimum absolute atomic E-state index is 0.142. The molecule has 2 aromatic rings. The van der Waals surface area contributed by atoms with Crippen molar-refractivity contribution < 1.29 is 19.4 Å². The van der Waals surface area contributed by atoms with E-state index < -0.39 is 21.7 Å². The summed E-state index contributed by atoms with van der Waals surface area (Å²) < 4.78 is 0. The van der Waals surface area contributed by atoms with Crippen LogP contribution in [0, 0.1) is 20.2 Å². The van der Waals surface area contributed by atoms with Crippen LogP contribution in [-0.2, 0) is 0 Å². The Balaban J connectivity index is 1.79. The van der Waals surface area contributed by atoms with E-state index in [1.165, 1.54) is 24.3 Å². The number of hydrogen-bond acceptors (Lipinski definition) is 6. The molecule has 0 radical (unpaired) electrons. The number of amides is 2. The molecule has 0 saturated carbocycles. The number of nitrogens with one attached hydrogen (secondary N) is 2. The predicted octanol–water partition coefficient (Wildman–Crippen LogP) is 3.36. The first-order valence-electron chi connectivity index (χ1n) is 8.15. The van der Waals surface area contributed by atoms with E-state index in [0.29, 0.717) is 6.42 Å². The second kappa shape index (κ2) is 9.80. The Morgan fingerprint density at radius 3 is 1.48 bits per heavy atom. The minimum atomic E-state index is -0.648. The lowest BCUT2D eigenvalue weighted by Crippen LogP contribution is -2.29. The molecule has 10 nitrogen and oxygen atoms in total. The van der Waals surface area contributed by atoms with Gasteiger partial charge < -0.3 is 10.6 Å². The molecule has 0 heterocycles. The number of rotatable bonds is 8. The first-order valence-corrected chi connectivity index (χ1v) is 8.90. The van der Waals surface area contributed by atoms with Crippen LogP contribution in [0.5, 0.6) is 0 Å². The lowest BCUT2D eigenvalue weighted by molar-refractivity contribution is -0.384. The molecule has 2 N–H and O–H groups in total. The summed E-state index contributed by atoms with van der Waals surface area (Å²) >= 11 is 11.5. The van der Waals surface area contributed by atoms with Crippen LogP contribution in [0.2, 0.25) is 10.0 Å². The average molecular weight is 441 g/mol. The quantitative estimate of drug-likeness (QED) is 0.365. The fourth-order valence-electron chi connectivity index (χ4n) is 2.29. The highest BCUT2D eigenvalue weighted by Crippen LogP contribution is 2.25. The van der Waals surface area contributed by atoms with Crippen molar-refractivity contribution in [3.05, 3.63) is 77.8 Å². The number of nitrogens with zero attached hydrogens (tertiary/aromatic N) is 2. The molecule has 0 spiro atoms. The van der Waals surface area contributed by atoms with E-state index in [4.69, 9.17) is 23.2 Å². The van der Waals surface area contributed by atoms with Crippen LogP contribution in [0.15, 0.2) is 36.4 Å². The molecule has 0 aromatic heterocycles. The standard InChI is InChI=1S/C17H14Cl2N4O6/c18-12-8-10(2-4-14(12)22(26)27)16(24)20-6-1-7-21-17(25)11-3-5-15(23(28)29)13(19)9-11/h2-5,8-9H,1,6-7H2,(H,20,24)(H,21,25). The van der Waals surface area contributed by atoms with Gasteiger partial charge >= 0.3 is 0 Å². The Morgan fingerprint density at radius 2 is 1.17 bits per heavy atom. The molecular weight excluding hydrogens is 427 g/mol. The molecule has 12 heteroatoms. The summed E-state index contributed by atoms with van der Waals surface area (Å²) in [6, 6.07) is 7.28. The zero-order chi connectivity index (χ0) is 21.6. The van der Waals surface area contributed by atoms with Crippen molar-refractivity contribution in [1.29, 1.82) is 0 Å². The Morgan fingerprint density at radius 1 is 0.793 bits per heavy atom. The highest BCUT2D eigenvalue weighted by Gasteiger charge is 2.16. The lowest BCUT2D eigenvalue weighted by Gasteiger charge is -2.08. The van der Waals surface area contributed by atoms with E-state index in [-0.39, 0.29) is 45.6 Å². The van der Waals surface area contributed by atoms with Gasteiger partial charge in [-0.25, -0.2) is 0 Å². The summed E-state index contributed by atoms with van der Waals surface area (Å²) in [5.74, 6) is -0.925. The van der Waals surface area contributed by atoms with Gasteiger partial charge in [0.05, 0.1) is 9.85 Å². The molecular formula is C17H14Cl2N4O6. The normalized spacial score (nSPS) is 10.3. The van der Waals surface area contributed by atoms with Crippen LogP contribution in [0.3, 0.4) is 0 Å². The van der Waals surface area contributed by atoms with Crippen LogP contribution in [0.1, 0.15) is 27.1 Å². The molecule has 2 amide bonds. The molecule has 0 saturated heterocycles. The SMILES string of the molecule is O=C(NCCCNC(=O)c1ccc([N+](=O)[O-])c(Cl)c1)c1ccc([N+](=O)[O-])c(Cl)c1. The number of carbonyl (C=O) groups excluding carboxylic acids is 2. The van der Waals surface area contributed by atoms with Gasteiger partial charge in [-0.15, -0.1) is 0 Å². The van der Waals surface area contributed by atoms with E-state index in [1.807, 2.05) is 0 Å². The number of hydrogen-bond donors (Lipinski definition) is 2. The van der Waals surface area contributed by atoms with E-state index in [1.54, 1.807) is 0 Å². The molecule has 2 aromatic carbocycles. The molecule has 0 aliphatic carbocycles. The van der Waals surface area contributed by atoms with Crippen molar-refractivity contribution in [1.82, 2.24) is 10.6 Å². The van der Waals surface area contributed by atoms with Crippen LogP contribution < -0.4 is 10.6 Å². The van der Waals surface area contributed by atoms with Gasteiger partial charge in [0.15, 0.2) is 0 Å². The van der Waals surface area contributed by atoms with Crippen LogP contribution in [0.25, 0.3) is 0 Å². The summed E-state index contributed by atoms with van der Waals surface area (Å²) in [6.07, 6.45) is 0.402. The van der Waals surface area contributed by atoms with Crippen molar-refractivity contribution in [2.75, 3.05) is 13.1 Å². The zero-order valence-electron chi connectivity index (χ0n) is 14.7. The van der Waals surface area contributed by atoms with Crippen LogP contribution in [0.4, 0.5) is 11.4 Å². The molecule has 29 heavy (non-hydrogen) atoms. The Hall–Kier alpha value is -3.24. The number of nitro groups is 2. The Kier molecular flexibility index (Phi) is 7.46. The van der Waals surface area contributed by atoms with Gasteiger partial charge in [0.25, 0.3) is 23.2 Å². The summed E-state index contributed by atoms with van der Waals surface area (Å²) in [5.41, 5.74) is -0.245. The van der Waals surface area contributed by atoms with Gasteiger partial charge in [0.1, 0.15) is 10.0 Å². The van der Waals surface area contributed by atoms with Crippen molar-refractivity contribution in [3.63, 3.8) is 0 Å². The maximum atomic E-state index is 12.0. The highest BCUT2D eigenvalue weighted by atomic mass is 35.5. The third-order valence-electron chi connectivity index (χ3n) is 3.74.